The molecule has 0 heterocycles. The monoisotopic (exact) mass is 386 g/mol. The van der Waals surface area contributed by atoms with Crippen molar-refractivity contribution >= 4 is 6.16 Å². The van der Waals surface area contributed by atoms with Gasteiger partial charge in [0.25, 0.3) is 0 Å². The Morgan fingerprint density at radius 1 is 0.964 bits per heavy atom. The summed E-state index contributed by atoms with van der Waals surface area (Å²) in [6.45, 7) is 6.50. The lowest BCUT2D eigenvalue weighted by Crippen LogP contribution is -2.38. The summed E-state index contributed by atoms with van der Waals surface area (Å²) in [4.78, 5) is 11.7. The Morgan fingerprint density at radius 3 is 2.14 bits per heavy atom. The van der Waals surface area contributed by atoms with E-state index in [0.29, 0.717) is 6.61 Å². The molecule has 2 saturated carbocycles. The molecule has 0 radical (unpaired) electrons. The van der Waals surface area contributed by atoms with E-state index in [0.717, 1.165) is 30.6 Å². The first-order chi connectivity index (χ1) is 13.5. The minimum atomic E-state index is -0.506. The van der Waals surface area contributed by atoms with Gasteiger partial charge in [0.05, 0.1) is 6.61 Å². The van der Waals surface area contributed by atoms with Crippen LogP contribution in [0.5, 0.6) is 0 Å². The zero-order valence-corrected chi connectivity index (χ0v) is 18.0. The number of carbonyl (C=O) groups excluding carboxylic acids is 1. The summed E-state index contributed by atoms with van der Waals surface area (Å²) in [5.74, 6) is 2.39. The van der Waals surface area contributed by atoms with E-state index < -0.39 is 6.16 Å². The van der Waals surface area contributed by atoms with Crippen molar-refractivity contribution in [1.29, 1.82) is 0 Å². The minimum absolute atomic E-state index is 0.333. The Bertz CT molecular complexity index is 605. The summed E-state index contributed by atoms with van der Waals surface area (Å²) in [6.07, 6.45) is 11.5. The maximum Gasteiger partial charge on any atom is 0.508 e. The van der Waals surface area contributed by atoms with Crippen molar-refractivity contribution in [3.63, 3.8) is 0 Å². The fourth-order valence-corrected chi connectivity index (χ4v) is 5.34. The van der Waals surface area contributed by atoms with Crippen LogP contribution in [0.15, 0.2) is 24.3 Å². The molecule has 3 nitrogen and oxygen atoms in total. The lowest BCUT2D eigenvalue weighted by atomic mass is 9.67. The van der Waals surface area contributed by atoms with Gasteiger partial charge in [0.2, 0.25) is 0 Å². The fourth-order valence-electron chi connectivity index (χ4n) is 5.34. The van der Waals surface area contributed by atoms with Gasteiger partial charge in [-0.15, -0.1) is 0 Å². The molecule has 156 valence electrons. The Labute approximate surface area is 171 Å². The molecule has 28 heavy (non-hydrogen) atoms. The summed E-state index contributed by atoms with van der Waals surface area (Å²) in [5, 5.41) is 0. The average Bonchev–Trinajstić information content (AvgIpc) is 2.69. The number of rotatable bonds is 6. The van der Waals surface area contributed by atoms with Crippen molar-refractivity contribution in [3.05, 3.63) is 35.4 Å². The number of hydrogen-bond donors (Lipinski definition) is 0. The first-order valence-electron chi connectivity index (χ1n) is 11.5. The van der Waals surface area contributed by atoms with Gasteiger partial charge in [0.15, 0.2) is 0 Å². The van der Waals surface area contributed by atoms with Crippen LogP contribution in [-0.4, -0.2) is 18.4 Å². The fraction of sp³-hybridized carbons (Fsp3) is 0.720. The van der Waals surface area contributed by atoms with Gasteiger partial charge in [-0.05, 0) is 101 Å². The maximum atomic E-state index is 11.7. The van der Waals surface area contributed by atoms with Crippen LogP contribution in [0.4, 0.5) is 4.79 Å². The van der Waals surface area contributed by atoms with Crippen LogP contribution in [0.3, 0.4) is 0 Å². The zero-order chi connectivity index (χ0) is 20.0. The molecule has 0 bridgehead atoms. The topological polar surface area (TPSA) is 35.5 Å². The largest absolute Gasteiger partial charge is 0.508 e. The first-order valence-corrected chi connectivity index (χ1v) is 11.5. The van der Waals surface area contributed by atoms with Crippen LogP contribution in [0.2, 0.25) is 0 Å². The molecule has 1 aromatic carbocycles. The zero-order valence-electron chi connectivity index (χ0n) is 18.0. The highest BCUT2D eigenvalue weighted by Crippen LogP contribution is 2.45. The summed E-state index contributed by atoms with van der Waals surface area (Å²) in [5.41, 5.74) is 2.67. The predicted molar refractivity (Wildman–Crippen MR) is 114 cm³/mol. The molecule has 0 aliphatic heterocycles. The Balaban J connectivity index is 1.45. The van der Waals surface area contributed by atoms with E-state index >= 15 is 0 Å². The molecule has 3 rings (SSSR count). The highest BCUT2D eigenvalue weighted by molar-refractivity contribution is 5.60. The molecule has 0 unspecified atom stereocenters. The molecule has 1 aromatic rings. The number of hydrogen-bond acceptors (Lipinski definition) is 3. The second-order valence-electron chi connectivity index (χ2n) is 9.18. The molecule has 2 fully saturated rings. The van der Waals surface area contributed by atoms with Crippen molar-refractivity contribution in [2.45, 2.75) is 96.5 Å². The van der Waals surface area contributed by atoms with Crippen molar-refractivity contribution in [2.75, 3.05) is 6.61 Å². The van der Waals surface area contributed by atoms with Gasteiger partial charge in [-0.2, -0.15) is 0 Å². The third kappa shape index (κ3) is 5.52. The number of ether oxygens (including phenoxy) is 2. The summed E-state index contributed by atoms with van der Waals surface area (Å²) in [7, 11) is 0. The molecule has 2 aliphatic carbocycles. The van der Waals surface area contributed by atoms with Gasteiger partial charge in [0, 0.05) is 0 Å². The molecular formula is C25H38O3. The molecule has 0 aromatic heterocycles. The standard InChI is InChI=1S/C25H38O3/c1-4-6-19-7-9-20(10-8-19)21-11-13-22(14-12-21)23-15-17-25(3,18-16-23)28-24(26)27-5-2/h7-10,21-23H,4-6,11-18H2,1-3H3. The lowest BCUT2D eigenvalue weighted by molar-refractivity contribution is -0.0549. The van der Waals surface area contributed by atoms with Crippen LogP contribution < -0.4 is 0 Å². The van der Waals surface area contributed by atoms with Crippen LogP contribution in [0.1, 0.15) is 95.6 Å². The highest BCUT2D eigenvalue weighted by Gasteiger charge is 2.38. The van der Waals surface area contributed by atoms with E-state index in [4.69, 9.17) is 9.47 Å². The SMILES string of the molecule is CCCc1ccc(C2CCC(C3CCC(C)(OC(=O)OCC)CC3)CC2)cc1. The molecule has 2 aliphatic rings. The van der Waals surface area contributed by atoms with Crippen LogP contribution in [-0.2, 0) is 15.9 Å². The summed E-state index contributed by atoms with van der Waals surface area (Å²) in [6, 6.07) is 9.40. The van der Waals surface area contributed by atoms with Crippen LogP contribution in [0.25, 0.3) is 0 Å². The number of benzene rings is 1. The van der Waals surface area contributed by atoms with Gasteiger partial charge in [-0.3, -0.25) is 0 Å². The van der Waals surface area contributed by atoms with E-state index in [2.05, 4.69) is 38.1 Å². The van der Waals surface area contributed by atoms with Crippen molar-refractivity contribution in [1.82, 2.24) is 0 Å². The van der Waals surface area contributed by atoms with Crippen molar-refractivity contribution in [2.24, 2.45) is 11.8 Å². The highest BCUT2D eigenvalue weighted by atomic mass is 16.7. The van der Waals surface area contributed by atoms with Crippen molar-refractivity contribution < 1.29 is 14.3 Å². The van der Waals surface area contributed by atoms with E-state index in [9.17, 15) is 4.79 Å². The van der Waals surface area contributed by atoms with Crippen LogP contribution >= 0.6 is 0 Å². The van der Waals surface area contributed by atoms with Crippen molar-refractivity contribution in [3.8, 4) is 0 Å². The summed E-state index contributed by atoms with van der Waals surface area (Å²) < 4.78 is 10.6. The molecule has 0 atom stereocenters. The van der Waals surface area contributed by atoms with E-state index in [-0.39, 0.29) is 5.60 Å². The first kappa shape index (κ1) is 21.2. The lowest BCUT2D eigenvalue weighted by Gasteiger charge is -2.41. The smallest absolute Gasteiger partial charge is 0.435 e. The van der Waals surface area contributed by atoms with Gasteiger partial charge < -0.3 is 9.47 Å². The van der Waals surface area contributed by atoms with Crippen LogP contribution in [0, 0.1) is 11.8 Å². The summed E-state index contributed by atoms with van der Waals surface area (Å²) >= 11 is 0. The van der Waals surface area contributed by atoms with E-state index in [1.807, 2.05) is 6.92 Å². The van der Waals surface area contributed by atoms with E-state index in [1.165, 1.54) is 62.5 Å². The molecule has 3 heteroatoms. The Hall–Kier alpha value is -1.51. The number of aryl methyl sites for hydroxylation is 1. The van der Waals surface area contributed by atoms with E-state index in [1.54, 1.807) is 0 Å². The van der Waals surface area contributed by atoms with Gasteiger partial charge in [-0.1, -0.05) is 37.6 Å². The second-order valence-corrected chi connectivity index (χ2v) is 9.18. The van der Waals surface area contributed by atoms with Gasteiger partial charge in [0.1, 0.15) is 5.60 Å². The third-order valence-corrected chi connectivity index (χ3v) is 7.11. The molecular weight excluding hydrogens is 348 g/mol. The predicted octanol–water partition coefficient (Wildman–Crippen LogP) is 7.03. The quantitative estimate of drug-likeness (QED) is 0.492. The average molecular weight is 387 g/mol. The second kappa shape index (κ2) is 9.80. The molecule has 0 amide bonds. The molecule has 0 spiro atoms. The van der Waals surface area contributed by atoms with Gasteiger partial charge in [-0.25, -0.2) is 4.79 Å². The Kier molecular flexibility index (Phi) is 7.42. The maximum absolute atomic E-state index is 11.7. The molecule has 0 N–H and O–H groups in total. The minimum Gasteiger partial charge on any atom is -0.435 e. The Morgan fingerprint density at radius 2 is 1.57 bits per heavy atom. The van der Waals surface area contributed by atoms with Gasteiger partial charge >= 0.3 is 6.16 Å². The number of carbonyl (C=O) groups is 1. The normalized spacial score (nSPS) is 30.6. The molecule has 0 saturated heterocycles. The third-order valence-electron chi connectivity index (χ3n) is 7.11.